The summed E-state index contributed by atoms with van der Waals surface area (Å²) < 4.78 is 25.1. The van der Waals surface area contributed by atoms with Crippen LogP contribution in [-0.2, 0) is 10.0 Å². The summed E-state index contributed by atoms with van der Waals surface area (Å²) in [7, 11) is -1.83. The Morgan fingerprint density at radius 2 is 2.19 bits per heavy atom. The minimum absolute atomic E-state index is 0.132. The maximum Gasteiger partial charge on any atom is 0.259 e. The van der Waals surface area contributed by atoms with Gasteiger partial charge in [0.2, 0.25) is 0 Å². The van der Waals surface area contributed by atoms with Gasteiger partial charge in [-0.15, -0.1) is 11.6 Å². The maximum absolute atomic E-state index is 11.9. The van der Waals surface area contributed by atoms with Crippen LogP contribution in [0.1, 0.15) is 19.3 Å². The van der Waals surface area contributed by atoms with Gasteiger partial charge in [-0.25, -0.2) is 8.42 Å². The molecule has 1 aromatic rings. The predicted octanol–water partition coefficient (Wildman–Crippen LogP) is 1.44. The number of nitrogens with zero attached hydrogens (tertiary/aromatic N) is 2. The summed E-state index contributed by atoms with van der Waals surface area (Å²) >= 11 is 5.54. The summed E-state index contributed by atoms with van der Waals surface area (Å²) in [6, 6.07) is 1.45. The Bertz CT molecular complexity index is 391. The lowest BCUT2D eigenvalue weighted by atomic mass is 10.2. The number of aromatic amines is 1. The van der Waals surface area contributed by atoms with Gasteiger partial charge in [-0.3, -0.25) is 5.10 Å². The van der Waals surface area contributed by atoms with Crippen molar-refractivity contribution >= 4 is 21.6 Å². The van der Waals surface area contributed by atoms with E-state index < -0.39 is 10.0 Å². The highest BCUT2D eigenvalue weighted by Crippen LogP contribution is 2.11. The molecule has 92 valence electrons. The van der Waals surface area contributed by atoms with E-state index in [0.717, 1.165) is 19.3 Å². The SMILES string of the molecule is CN(CCCCCCl)S(=O)(=O)c1ccn[nH]1. The van der Waals surface area contributed by atoms with Crippen LogP contribution in [0.25, 0.3) is 0 Å². The van der Waals surface area contributed by atoms with Crippen molar-refractivity contribution in [2.75, 3.05) is 19.5 Å². The minimum Gasteiger partial charge on any atom is -0.266 e. The highest BCUT2D eigenvalue weighted by atomic mass is 35.5. The molecule has 7 heteroatoms. The van der Waals surface area contributed by atoms with Gasteiger partial charge in [-0.05, 0) is 18.9 Å². The largest absolute Gasteiger partial charge is 0.266 e. The van der Waals surface area contributed by atoms with E-state index in [4.69, 9.17) is 11.6 Å². The summed E-state index contributed by atoms with van der Waals surface area (Å²) in [6.45, 7) is 0.498. The minimum atomic E-state index is -3.40. The van der Waals surface area contributed by atoms with Gasteiger partial charge in [-0.2, -0.15) is 9.40 Å². The van der Waals surface area contributed by atoms with Gasteiger partial charge >= 0.3 is 0 Å². The van der Waals surface area contributed by atoms with Crippen LogP contribution in [0.4, 0.5) is 0 Å². The quantitative estimate of drug-likeness (QED) is 0.599. The summed E-state index contributed by atoms with van der Waals surface area (Å²) in [4.78, 5) is 0. The molecule has 0 aliphatic carbocycles. The third kappa shape index (κ3) is 3.47. The lowest BCUT2D eigenvalue weighted by molar-refractivity contribution is 0.452. The number of halogens is 1. The molecule has 0 bridgehead atoms. The first-order valence-corrected chi connectivity index (χ1v) is 7.08. The molecule has 1 heterocycles. The molecule has 0 saturated carbocycles. The van der Waals surface area contributed by atoms with Gasteiger partial charge in [0.15, 0.2) is 5.03 Å². The molecule has 0 aromatic carbocycles. The number of sulfonamides is 1. The zero-order valence-electron chi connectivity index (χ0n) is 9.19. The monoisotopic (exact) mass is 265 g/mol. The summed E-state index contributed by atoms with van der Waals surface area (Å²) in [5.41, 5.74) is 0. The third-order valence-electron chi connectivity index (χ3n) is 2.27. The van der Waals surface area contributed by atoms with E-state index in [2.05, 4.69) is 10.2 Å². The molecule has 0 aliphatic rings. The van der Waals surface area contributed by atoms with Crippen molar-refractivity contribution in [3.63, 3.8) is 0 Å². The zero-order valence-corrected chi connectivity index (χ0v) is 10.8. The van der Waals surface area contributed by atoms with Gasteiger partial charge in [0.05, 0.1) is 6.20 Å². The van der Waals surface area contributed by atoms with Crippen LogP contribution in [0.15, 0.2) is 17.3 Å². The average Bonchev–Trinajstić information content (AvgIpc) is 2.77. The van der Waals surface area contributed by atoms with Crippen LogP contribution in [0.2, 0.25) is 0 Å². The molecule has 0 amide bonds. The fourth-order valence-corrected chi connectivity index (χ4v) is 2.58. The zero-order chi connectivity index (χ0) is 12.0. The first kappa shape index (κ1) is 13.5. The number of alkyl halides is 1. The van der Waals surface area contributed by atoms with Crippen LogP contribution < -0.4 is 0 Å². The molecule has 0 fully saturated rings. The maximum atomic E-state index is 11.9. The van der Waals surface area contributed by atoms with Gasteiger partial charge in [0.25, 0.3) is 10.0 Å². The molecule has 5 nitrogen and oxygen atoms in total. The van der Waals surface area contributed by atoms with E-state index in [-0.39, 0.29) is 5.03 Å². The van der Waals surface area contributed by atoms with Gasteiger partial charge in [-0.1, -0.05) is 6.42 Å². The first-order chi connectivity index (χ1) is 7.59. The van der Waals surface area contributed by atoms with E-state index in [9.17, 15) is 8.42 Å². The normalized spacial score (nSPS) is 12.2. The summed E-state index contributed by atoms with van der Waals surface area (Å²) in [5, 5.41) is 6.22. The lowest BCUT2D eigenvalue weighted by Gasteiger charge is -2.15. The van der Waals surface area contributed by atoms with Crippen molar-refractivity contribution in [2.45, 2.75) is 24.3 Å². The van der Waals surface area contributed by atoms with Gasteiger partial charge < -0.3 is 0 Å². The fraction of sp³-hybridized carbons (Fsp3) is 0.667. The van der Waals surface area contributed by atoms with Crippen molar-refractivity contribution in [3.05, 3.63) is 12.3 Å². The molecule has 1 N–H and O–H groups in total. The molecule has 1 rings (SSSR count). The number of rotatable bonds is 7. The van der Waals surface area contributed by atoms with E-state index in [0.29, 0.717) is 12.4 Å². The van der Waals surface area contributed by atoms with Crippen LogP contribution in [-0.4, -0.2) is 42.4 Å². The molecule has 0 saturated heterocycles. The number of H-pyrrole nitrogens is 1. The Hall–Kier alpha value is -0.590. The molecule has 16 heavy (non-hydrogen) atoms. The van der Waals surface area contributed by atoms with Crippen molar-refractivity contribution < 1.29 is 8.42 Å². The second kappa shape index (κ2) is 6.22. The summed E-state index contributed by atoms with van der Waals surface area (Å²) in [5.74, 6) is 0.622. The number of unbranched alkanes of at least 4 members (excludes halogenated alkanes) is 2. The number of nitrogens with one attached hydrogen (secondary N) is 1. The lowest BCUT2D eigenvalue weighted by Crippen LogP contribution is -2.28. The number of aromatic nitrogens is 2. The van der Waals surface area contributed by atoms with Crippen molar-refractivity contribution in [3.8, 4) is 0 Å². The molecular formula is C9H16ClN3O2S. The number of hydrogen-bond donors (Lipinski definition) is 1. The molecule has 0 radical (unpaired) electrons. The van der Waals surface area contributed by atoms with Crippen LogP contribution in [0, 0.1) is 0 Å². The first-order valence-electron chi connectivity index (χ1n) is 5.10. The molecule has 0 aliphatic heterocycles. The van der Waals surface area contributed by atoms with Crippen LogP contribution >= 0.6 is 11.6 Å². The molecule has 0 atom stereocenters. The van der Waals surface area contributed by atoms with E-state index in [1.807, 2.05) is 0 Å². The Morgan fingerprint density at radius 1 is 1.44 bits per heavy atom. The smallest absolute Gasteiger partial charge is 0.259 e. The Kier molecular flexibility index (Phi) is 5.24. The summed E-state index contributed by atoms with van der Waals surface area (Å²) in [6.07, 6.45) is 4.09. The van der Waals surface area contributed by atoms with E-state index >= 15 is 0 Å². The Morgan fingerprint density at radius 3 is 2.75 bits per heavy atom. The standard InChI is InChI=1S/C9H16ClN3O2S/c1-13(8-4-2-3-6-10)16(14,15)9-5-7-11-12-9/h5,7H,2-4,6,8H2,1H3,(H,11,12). The van der Waals surface area contributed by atoms with Crippen LogP contribution in [0.5, 0.6) is 0 Å². The molecule has 0 spiro atoms. The van der Waals surface area contributed by atoms with Gasteiger partial charge in [0, 0.05) is 19.5 Å². The molecular weight excluding hydrogens is 250 g/mol. The predicted molar refractivity (Wildman–Crippen MR) is 63.0 cm³/mol. The van der Waals surface area contributed by atoms with E-state index in [1.54, 1.807) is 7.05 Å². The Balaban J connectivity index is 2.50. The molecule has 0 unspecified atom stereocenters. The highest BCUT2D eigenvalue weighted by Gasteiger charge is 2.21. The van der Waals surface area contributed by atoms with Crippen molar-refractivity contribution in [1.82, 2.24) is 14.5 Å². The van der Waals surface area contributed by atoms with Crippen molar-refractivity contribution in [2.24, 2.45) is 0 Å². The Labute approximate surface area is 101 Å². The van der Waals surface area contributed by atoms with Crippen molar-refractivity contribution in [1.29, 1.82) is 0 Å². The number of hydrogen-bond acceptors (Lipinski definition) is 3. The van der Waals surface area contributed by atoms with Gasteiger partial charge in [0.1, 0.15) is 0 Å². The second-order valence-electron chi connectivity index (χ2n) is 3.50. The van der Waals surface area contributed by atoms with E-state index in [1.165, 1.54) is 16.6 Å². The van der Waals surface area contributed by atoms with Crippen LogP contribution in [0.3, 0.4) is 0 Å². The molecule has 1 aromatic heterocycles. The topological polar surface area (TPSA) is 66.1 Å². The second-order valence-corrected chi connectivity index (χ2v) is 5.89. The highest BCUT2D eigenvalue weighted by molar-refractivity contribution is 7.89. The average molecular weight is 266 g/mol. The third-order valence-corrected chi connectivity index (χ3v) is 4.32. The fourth-order valence-electron chi connectivity index (χ4n) is 1.28.